The number of hydrogen-bond acceptors (Lipinski definition) is 10. The van der Waals surface area contributed by atoms with E-state index in [1.165, 1.54) is 37.4 Å². The van der Waals surface area contributed by atoms with Crippen LogP contribution in [0.5, 0.6) is 28.7 Å². The van der Waals surface area contributed by atoms with Crippen molar-refractivity contribution in [3.63, 3.8) is 0 Å². The molecule has 216 valence electrons. The lowest BCUT2D eigenvalue weighted by Gasteiger charge is -2.27. The molecule has 1 aliphatic rings. The van der Waals surface area contributed by atoms with Crippen molar-refractivity contribution in [2.24, 2.45) is 5.73 Å². The van der Waals surface area contributed by atoms with Crippen LogP contribution in [0.15, 0.2) is 102 Å². The normalized spacial score (nSPS) is 13.6. The van der Waals surface area contributed by atoms with Crippen LogP contribution in [0.3, 0.4) is 0 Å². The number of hydrogen-bond donors (Lipinski definition) is 1. The summed E-state index contributed by atoms with van der Waals surface area (Å²) in [7, 11) is 1.54. The number of allylic oxidation sites excluding steroid dienone is 1. The van der Waals surface area contributed by atoms with Crippen LogP contribution in [0.1, 0.15) is 22.6 Å². The Kier molecular flexibility index (Phi) is 8.39. The fraction of sp³-hybridized carbons (Fsp3) is 0.125. The molecule has 4 aromatic carbocycles. The molecule has 0 saturated heterocycles. The molecule has 5 rings (SSSR count). The number of nitrogens with two attached hydrogens (primary N) is 1. The van der Waals surface area contributed by atoms with Crippen LogP contribution in [0.4, 0.5) is 5.69 Å². The molecule has 1 aliphatic heterocycles. The van der Waals surface area contributed by atoms with Gasteiger partial charge in [0, 0.05) is 23.8 Å². The maximum absolute atomic E-state index is 12.4. The highest BCUT2D eigenvalue weighted by atomic mass is 16.6. The predicted molar refractivity (Wildman–Crippen MR) is 154 cm³/mol. The number of ether oxygens (including phenoxy) is 5. The smallest absolute Gasteiger partial charge is 0.349 e. The minimum Gasteiger partial charge on any atom is -0.493 e. The Labute approximate surface area is 246 Å². The van der Waals surface area contributed by atoms with Crippen molar-refractivity contribution in [2.75, 3.05) is 13.7 Å². The molecule has 0 saturated carbocycles. The average Bonchev–Trinajstić information content (AvgIpc) is 3.02. The van der Waals surface area contributed by atoms with Gasteiger partial charge in [-0.15, -0.1) is 0 Å². The zero-order valence-electron chi connectivity index (χ0n) is 22.9. The van der Waals surface area contributed by atoms with Crippen LogP contribution in [0, 0.1) is 21.4 Å². The summed E-state index contributed by atoms with van der Waals surface area (Å²) in [4.78, 5) is 22.7. The molecule has 0 amide bonds. The van der Waals surface area contributed by atoms with Gasteiger partial charge in [0.25, 0.3) is 5.69 Å². The number of methoxy groups -OCH3 is 1. The van der Waals surface area contributed by atoms with Gasteiger partial charge >= 0.3 is 5.97 Å². The van der Waals surface area contributed by atoms with E-state index in [1.54, 1.807) is 24.3 Å². The third-order valence-corrected chi connectivity index (χ3v) is 6.58. The highest BCUT2D eigenvalue weighted by Crippen LogP contribution is 2.45. The summed E-state index contributed by atoms with van der Waals surface area (Å²) < 4.78 is 28.1. The summed E-state index contributed by atoms with van der Waals surface area (Å²) in [6, 6.07) is 27.3. The summed E-state index contributed by atoms with van der Waals surface area (Å²) in [5, 5.41) is 20.7. The van der Waals surface area contributed by atoms with Gasteiger partial charge in [0.15, 0.2) is 18.1 Å². The molecule has 43 heavy (non-hydrogen) atoms. The minimum absolute atomic E-state index is 0.0756. The van der Waals surface area contributed by atoms with E-state index in [1.807, 2.05) is 36.4 Å². The number of carbonyl (C=O) groups excluding carboxylic acids is 1. The van der Waals surface area contributed by atoms with Crippen LogP contribution >= 0.6 is 0 Å². The minimum atomic E-state index is -0.706. The lowest BCUT2D eigenvalue weighted by Crippen LogP contribution is -2.21. The first-order chi connectivity index (χ1) is 20.9. The molecule has 0 aromatic heterocycles. The topological polar surface area (TPSA) is 156 Å². The van der Waals surface area contributed by atoms with E-state index >= 15 is 0 Å². The van der Waals surface area contributed by atoms with Gasteiger partial charge in [-0.2, -0.15) is 5.26 Å². The van der Waals surface area contributed by atoms with E-state index in [2.05, 4.69) is 6.07 Å². The molecule has 0 bridgehead atoms. The zero-order valence-corrected chi connectivity index (χ0v) is 22.9. The fourth-order valence-corrected chi connectivity index (χ4v) is 4.53. The number of esters is 1. The van der Waals surface area contributed by atoms with Gasteiger partial charge in [-0.25, -0.2) is 4.79 Å². The van der Waals surface area contributed by atoms with E-state index in [9.17, 15) is 20.2 Å². The van der Waals surface area contributed by atoms with E-state index in [0.717, 1.165) is 5.56 Å². The Bertz CT molecular complexity index is 1730. The summed E-state index contributed by atoms with van der Waals surface area (Å²) in [6.07, 6.45) is 0. The highest BCUT2D eigenvalue weighted by Gasteiger charge is 2.32. The Morgan fingerprint density at radius 2 is 1.72 bits per heavy atom. The Morgan fingerprint density at radius 3 is 2.42 bits per heavy atom. The molecular weight excluding hydrogens is 554 g/mol. The van der Waals surface area contributed by atoms with Crippen LogP contribution in [-0.2, 0) is 11.4 Å². The molecule has 11 nitrogen and oxygen atoms in total. The lowest BCUT2D eigenvalue weighted by molar-refractivity contribution is -0.384. The highest BCUT2D eigenvalue weighted by molar-refractivity contribution is 5.74. The van der Waals surface area contributed by atoms with Crippen LogP contribution in [0.2, 0.25) is 0 Å². The zero-order chi connectivity index (χ0) is 30.3. The van der Waals surface area contributed by atoms with Crippen molar-refractivity contribution in [3.05, 3.63) is 129 Å². The maximum Gasteiger partial charge on any atom is 0.349 e. The second-order valence-electron chi connectivity index (χ2n) is 9.32. The molecule has 0 aliphatic carbocycles. The van der Waals surface area contributed by atoms with Crippen molar-refractivity contribution in [3.8, 4) is 34.8 Å². The summed E-state index contributed by atoms with van der Waals surface area (Å²) in [5.41, 5.74) is 8.62. The molecule has 2 N–H and O–H groups in total. The lowest BCUT2D eigenvalue weighted by atomic mass is 9.83. The number of nitro groups is 1. The molecule has 1 unspecified atom stereocenters. The molecule has 4 aromatic rings. The second-order valence-corrected chi connectivity index (χ2v) is 9.32. The first kappa shape index (κ1) is 28.5. The number of carbonyl (C=O) groups is 1. The number of benzene rings is 4. The Hall–Kier alpha value is -6.02. The maximum atomic E-state index is 12.4. The standard InChI is InChI=1S/C32H25N3O8/c1-39-29-15-21(7-14-27(29)41-18-20-5-3-2-4-6-20)31-25-13-12-24(16-28(25)43-32(34)26(31)17-33)42-30(36)19-40-23-10-8-22(9-11-23)35(37)38/h2-16,31H,18-19,34H2,1H3. The third kappa shape index (κ3) is 6.49. The van der Waals surface area contributed by atoms with Crippen LogP contribution < -0.4 is 29.4 Å². The van der Waals surface area contributed by atoms with E-state index in [-0.39, 0.29) is 28.6 Å². The van der Waals surface area contributed by atoms with Crippen molar-refractivity contribution in [1.29, 1.82) is 5.26 Å². The number of non-ortho nitro benzene ring substituents is 1. The monoisotopic (exact) mass is 579 g/mol. The van der Waals surface area contributed by atoms with Gasteiger partial charge in [0.1, 0.15) is 35.5 Å². The second kappa shape index (κ2) is 12.7. The average molecular weight is 580 g/mol. The summed E-state index contributed by atoms with van der Waals surface area (Å²) >= 11 is 0. The van der Waals surface area contributed by atoms with E-state index < -0.39 is 23.4 Å². The number of nitrogens with zero attached hydrogens (tertiary/aromatic N) is 2. The van der Waals surface area contributed by atoms with Gasteiger partial charge in [0.05, 0.1) is 18.0 Å². The largest absolute Gasteiger partial charge is 0.493 e. The van der Waals surface area contributed by atoms with Gasteiger partial charge in [-0.05, 0) is 41.5 Å². The van der Waals surface area contributed by atoms with E-state index in [4.69, 9.17) is 29.4 Å². The molecule has 0 spiro atoms. The number of fused-ring (bicyclic) bond motifs is 1. The van der Waals surface area contributed by atoms with Crippen molar-refractivity contribution < 1.29 is 33.4 Å². The summed E-state index contributed by atoms with van der Waals surface area (Å²) in [5.74, 6) is 0.411. The van der Waals surface area contributed by atoms with Gasteiger partial charge in [-0.3, -0.25) is 10.1 Å². The molecule has 11 heteroatoms. The molecule has 0 fully saturated rings. The van der Waals surface area contributed by atoms with Crippen LogP contribution in [-0.4, -0.2) is 24.6 Å². The van der Waals surface area contributed by atoms with Crippen LogP contribution in [0.25, 0.3) is 0 Å². The first-order valence-electron chi connectivity index (χ1n) is 13.0. The molecule has 1 heterocycles. The SMILES string of the molecule is COc1cc(C2C(C#N)=C(N)Oc3cc(OC(=O)COc4ccc([N+](=O)[O-])cc4)ccc32)ccc1OCc1ccccc1. The number of nitro benzene ring substituents is 1. The van der Waals surface area contributed by atoms with Crippen molar-refractivity contribution in [1.82, 2.24) is 0 Å². The fourth-order valence-electron chi connectivity index (χ4n) is 4.53. The Balaban J connectivity index is 1.33. The third-order valence-electron chi connectivity index (χ3n) is 6.58. The Morgan fingerprint density at radius 1 is 0.977 bits per heavy atom. The molecule has 0 radical (unpaired) electrons. The quantitative estimate of drug-likeness (QED) is 0.112. The predicted octanol–water partition coefficient (Wildman–Crippen LogP) is 5.38. The molecular formula is C32H25N3O8. The van der Waals surface area contributed by atoms with E-state index in [0.29, 0.717) is 35.0 Å². The number of rotatable bonds is 10. The van der Waals surface area contributed by atoms with Crippen molar-refractivity contribution >= 4 is 11.7 Å². The van der Waals surface area contributed by atoms with Gasteiger partial charge in [0.2, 0.25) is 5.88 Å². The number of nitriles is 1. The molecule has 1 atom stereocenters. The summed E-state index contributed by atoms with van der Waals surface area (Å²) in [6.45, 7) is -0.0785. The first-order valence-corrected chi connectivity index (χ1v) is 13.0. The van der Waals surface area contributed by atoms with Gasteiger partial charge in [-0.1, -0.05) is 42.5 Å². The van der Waals surface area contributed by atoms with Gasteiger partial charge < -0.3 is 29.4 Å². The van der Waals surface area contributed by atoms with Crippen molar-refractivity contribution in [2.45, 2.75) is 12.5 Å².